The number of hydrogen-bond acceptors (Lipinski definition) is 2. The summed E-state index contributed by atoms with van der Waals surface area (Å²) in [6, 6.07) is 0. The van der Waals surface area contributed by atoms with E-state index in [0.717, 1.165) is 0 Å². The zero-order chi connectivity index (χ0) is 8.48. The number of rotatable bonds is 1. The molecule has 1 heterocycles. The van der Waals surface area contributed by atoms with Gasteiger partial charge in [0.1, 0.15) is 20.3 Å². The Labute approximate surface area is 68.6 Å². The summed E-state index contributed by atoms with van der Waals surface area (Å²) >= 11 is 0. The molecular weight excluding hydrogens is 156 g/mol. The number of epoxide rings is 1. The lowest BCUT2D eigenvalue weighted by atomic mass is 10.3. The highest BCUT2D eigenvalue weighted by molar-refractivity contribution is 6.83. The first-order valence-corrected chi connectivity index (χ1v) is 7.32. The molecule has 0 saturated carbocycles. The zero-order valence-electron chi connectivity index (χ0n) is 7.22. The molecular formula is C8H14O2Si. The van der Waals surface area contributed by atoms with E-state index in [4.69, 9.17) is 9.84 Å². The third kappa shape index (κ3) is 3.06. The molecule has 0 aromatic carbocycles. The van der Waals surface area contributed by atoms with Crippen LogP contribution < -0.4 is 0 Å². The van der Waals surface area contributed by atoms with Crippen molar-refractivity contribution in [3.63, 3.8) is 0 Å². The van der Waals surface area contributed by atoms with Crippen molar-refractivity contribution >= 4 is 8.07 Å². The zero-order valence-corrected chi connectivity index (χ0v) is 8.22. The van der Waals surface area contributed by atoms with Crippen LogP contribution in [0.3, 0.4) is 0 Å². The maximum atomic E-state index is 8.62. The van der Waals surface area contributed by atoms with Gasteiger partial charge in [-0.2, -0.15) is 0 Å². The van der Waals surface area contributed by atoms with E-state index in [0.29, 0.717) is 0 Å². The van der Waals surface area contributed by atoms with Crippen LogP contribution in [-0.2, 0) is 4.74 Å². The third-order valence-electron chi connectivity index (χ3n) is 1.35. The number of aliphatic hydroxyl groups excluding tert-OH is 1. The molecule has 0 aromatic rings. The van der Waals surface area contributed by atoms with Crippen molar-refractivity contribution in [1.29, 1.82) is 0 Å². The highest BCUT2D eigenvalue weighted by Gasteiger charge is 2.36. The van der Waals surface area contributed by atoms with E-state index in [1.165, 1.54) is 0 Å². The Hall–Kier alpha value is -0.303. The molecule has 0 amide bonds. The Morgan fingerprint density at radius 1 is 1.45 bits per heavy atom. The van der Waals surface area contributed by atoms with Crippen LogP contribution in [0.4, 0.5) is 0 Å². The van der Waals surface area contributed by atoms with Gasteiger partial charge >= 0.3 is 0 Å². The highest BCUT2D eigenvalue weighted by atomic mass is 28.3. The molecule has 3 heteroatoms. The predicted octanol–water partition coefficient (Wildman–Crippen LogP) is 0.627. The van der Waals surface area contributed by atoms with Crippen LogP contribution in [0.15, 0.2) is 0 Å². The first-order chi connectivity index (χ1) is 5.03. The van der Waals surface area contributed by atoms with Crippen LogP contribution in [-0.4, -0.2) is 32.0 Å². The fourth-order valence-electron chi connectivity index (χ4n) is 0.696. The van der Waals surface area contributed by atoms with Crippen LogP contribution in [0.25, 0.3) is 0 Å². The summed E-state index contributed by atoms with van der Waals surface area (Å²) in [6.45, 7) is 6.67. The highest BCUT2D eigenvalue weighted by Crippen LogP contribution is 2.19. The molecule has 2 nitrogen and oxygen atoms in total. The topological polar surface area (TPSA) is 32.8 Å². The number of aliphatic hydroxyl groups is 1. The molecule has 1 aliphatic heterocycles. The van der Waals surface area contributed by atoms with Gasteiger partial charge in [-0.1, -0.05) is 25.6 Å². The van der Waals surface area contributed by atoms with Gasteiger partial charge in [0.25, 0.3) is 0 Å². The van der Waals surface area contributed by atoms with E-state index in [1.54, 1.807) is 0 Å². The molecule has 0 bridgehead atoms. The van der Waals surface area contributed by atoms with E-state index < -0.39 is 8.07 Å². The molecule has 0 aromatic heterocycles. The molecule has 62 valence electrons. The van der Waals surface area contributed by atoms with Gasteiger partial charge < -0.3 is 9.84 Å². The van der Waals surface area contributed by atoms with E-state index in [1.807, 2.05) is 0 Å². The van der Waals surface area contributed by atoms with Gasteiger partial charge in [-0.3, -0.25) is 0 Å². The molecule has 1 fully saturated rings. The Bertz CT molecular complexity index is 196. The van der Waals surface area contributed by atoms with Crippen LogP contribution in [0, 0.1) is 11.5 Å². The summed E-state index contributed by atoms with van der Waals surface area (Å²) in [7, 11) is -1.25. The maximum Gasteiger partial charge on any atom is 0.146 e. The van der Waals surface area contributed by atoms with Crippen molar-refractivity contribution in [3.05, 3.63) is 0 Å². The minimum absolute atomic E-state index is 0.00106. The molecule has 1 N–H and O–H groups in total. The molecule has 11 heavy (non-hydrogen) atoms. The van der Waals surface area contributed by atoms with Crippen molar-refractivity contribution in [2.75, 3.05) is 6.61 Å². The molecule has 2 atom stereocenters. The lowest BCUT2D eigenvalue weighted by molar-refractivity contribution is 0.243. The molecule has 0 spiro atoms. The van der Waals surface area contributed by atoms with Crippen LogP contribution in [0.1, 0.15) is 0 Å². The SMILES string of the molecule is C[Si](C)(C)C#C[C@@H]1O[C@H]1CO. The predicted molar refractivity (Wildman–Crippen MR) is 46.9 cm³/mol. The van der Waals surface area contributed by atoms with Crippen molar-refractivity contribution in [1.82, 2.24) is 0 Å². The van der Waals surface area contributed by atoms with Gasteiger partial charge in [-0.25, -0.2) is 0 Å². The molecule has 1 rings (SSSR count). The lowest BCUT2D eigenvalue weighted by Gasteiger charge is -2.02. The second kappa shape index (κ2) is 2.98. The van der Waals surface area contributed by atoms with Gasteiger partial charge in [-0.15, -0.1) is 5.54 Å². The summed E-state index contributed by atoms with van der Waals surface area (Å²) in [5, 5.41) is 8.62. The van der Waals surface area contributed by atoms with Gasteiger partial charge in [-0.05, 0) is 0 Å². The Morgan fingerprint density at radius 3 is 2.45 bits per heavy atom. The van der Waals surface area contributed by atoms with Crippen molar-refractivity contribution < 1.29 is 9.84 Å². The normalized spacial score (nSPS) is 29.1. The van der Waals surface area contributed by atoms with Crippen LogP contribution in [0.5, 0.6) is 0 Å². The molecule has 0 aliphatic carbocycles. The Kier molecular flexibility index (Phi) is 2.38. The summed E-state index contributed by atoms with van der Waals surface area (Å²) in [6.07, 6.45) is 0.0191. The summed E-state index contributed by atoms with van der Waals surface area (Å²) < 4.78 is 5.06. The first kappa shape index (κ1) is 8.79. The average molecular weight is 170 g/mol. The van der Waals surface area contributed by atoms with E-state index >= 15 is 0 Å². The monoisotopic (exact) mass is 170 g/mol. The van der Waals surface area contributed by atoms with E-state index in [2.05, 4.69) is 31.1 Å². The van der Waals surface area contributed by atoms with Crippen LogP contribution >= 0.6 is 0 Å². The fourth-order valence-corrected chi connectivity index (χ4v) is 1.27. The van der Waals surface area contributed by atoms with E-state index in [-0.39, 0.29) is 18.8 Å². The minimum Gasteiger partial charge on any atom is -0.394 e. The van der Waals surface area contributed by atoms with Crippen molar-refractivity contribution in [2.24, 2.45) is 0 Å². The maximum absolute atomic E-state index is 8.62. The summed E-state index contributed by atoms with van der Waals surface area (Å²) in [4.78, 5) is 0. The lowest BCUT2D eigenvalue weighted by Crippen LogP contribution is -2.16. The fraction of sp³-hybridized carbons (Fsp3) is 0.750. The van der Waals surface area contributed by atoms with Crippen molar-refractivity contribution in [3.8, 4) is 11.5 Å². The van der Waals surface area contributed by atoms with Crippen molar-refractivity contribution in [2.45, 2.75) is 31.8 Å². The smallest absolute Gasteiger partial charge is 0.146 e. The average Bonchev–Trinajstić information content (AvgIpc) is 2.60. The molecule has 0 radical (unpaired) electrons. The second-order valence-corrected chi connectivity index (χ2v) is 8.55. The first-order valence-electron chi connectivity index (χ1n) is 3.82. The molecule has 1 aliphatic rings. The second-order valence-electron chi connectivity index (χ2n) is 3.80. The standard InChI is InChI=1S/C8H14O2Si/c1-11(2,3)5-4-7-8(6-9)10-7/h7-9H,6H2,1-3H3/t7-,8-/m0/s1. The number of ether oxygens (including phenoxy) is 1. The van der Waals surface area contributed by atoms with Gasteiger partial charge in [0.2, 0.25) is 0 Å². The van der Waals surface area contributed by atoms with Gasteiger partial charge in [0.05, 0.1) is 6.61 Å². The summed E-state index contributed by atoms with van der Waals surface area (Å²) in [5.41, 5.74) is 3.20. The largest absolute Gasteiger partial charge is 0.394 e. The summed E-state index contributed by atoms with van der Waals surface area (Å²) in [5.74, 6) is 3.03. The van der Waals surface area contributed by atoms with Gasteiger partial charge in [0.15, 0.2) is 0 Å². The van der Waals surface area contributed by atoms with Crippen LogP contribution in [0.2, 0.25) is 19.6 Å². The number of hydrogen-bond donors (Lipinski definition) is 1. The third-order valence-corrected chi connectivity index (χ3v) is 2.25. The van der Waals surface area contributed by atoms with E-state index in [9.17, 15) is 0 Å². The van der Waals surface area contributed by atoms with Gasteiger partial charge in [0, 0.05) is 0 Å². The molecule has 0 unspecified atom stereocenters. The minimum atomic E-state index is -1.25. The Balaban J connectivity index is 2.36. The Morgan fingerprint density at radius 2 is 2.09 bits per heavy atom. The molecule has 1 saturated heterocycles. The quantitative estimate of drug-likeness (QED) is 0.355.